The number of rotatable bonds is 12. The first kappa shape index (κ1) is 48.8. The summed E-state index contributed by atoms with van der Waals surface area (Å²) < 4.78 is 5.13. The number of hydrogen-bond donors (Lipinski definition) is 0. The van der Waals surface area contributed by atoms with Crippen LogP contribution < -0.4 is 20.7 Å². The first-order valence-electron chi connectivity index (χ1n) is 28.4. The molecule has 386 valence electrons. The molecule has 3 heteroatoms. The highest BCUT2D eigenvalue weighted by Gasteiger charge is 2.41. The molecule has 0 radical (unpaired) electrons. The largest absolute Gasteiger partial charge is 0.336 e. The number of fused-ring (bicyclic) bond motifs is 6. The Kier molecular flexibility index (Phi) is 12.3. The van der Waals surface area contributed by atoms with E-state index in [0.29, 0.717) is 6.54 Å². The molecule has 0 unspecified atom stereocenters. The highest BCUT2D eigenvalue weighted by Crippen LogP contribution is 2.43. The van der Waals surface area contributed by atoms with E-state index < -0.39 is 8.07 Å². The zero-order valence-corrected chi connectivity index (χ0v) is 46.3. The van der Waals surface area contributed by atoms with E-state index in [-0.39, 0.29) is 0 Å². The minimum absolute atomic E-state index is 0.637. The van der Waals surface area contributed by atoms with Gasteiger partial charge in [-0.25, -0.2) is 0 Å². The number of aromatic nitrogens is 2. The monoisotopic (exact) mass is 1060 g/mol. The topological polar surface area (TPSA) is 9.86 Å². The Labute approximate surface area is 479 Å². The lowest BCUT2D eigenvalue weighted by molar-refractivity contribution is 0.872. The van der Waals surface area contributed by atoms with Crippen molar-refractivity contribution in [2.24, 2.45) is 0 Å². The van der Waals surface area contributed by atoms with E-state index in [1.807, 2.05) is 0 Å². The maximum atomic E-state index is 2.59. The van der Waals surface area contributed by atoms with Gasteiger partial charge in [0.25, 0.3) is 0 Å². The maximum Gasteiger partial charge on any atom is 0.179 e. The summed E-state index contributed by atoms with van der Waals surface area (Å²) in [6.45, 7) is 0.637. The zero-order valence-electron chi connectivity index (χ0n) is 45.3. The number of nitrogens with zero attached hydrogens (tertiary/aromatic N) is 2. The molecule has 82 heavy (non-hydrogen) atoms. The van der Waals surface area contributed by atoms with Crippen LogP contribution in [0.2, 0.25) is 0 Å². The summed E-state index contributed by atoms with van der Waals surface area (Å²) in [4.78, 5) is 0. The van der Waals surface area contributed by atoms with Crippen molar-refractivity contribution in [1.82, 2.24) is 9.13 Å². The summed E-state index contributed by atoms with van der Waals surface area (Å²) in [7, 11) is -2.87. The summed E-state index contributed by atoms with van der Waals surface area (Å²) in [6, 6.07) is 122. The molecule has 0 saturated heterocycles. The van der Waals surface area contributed by atoms with Gasteiger partial charge in [-0.1, -0.05) is 279 Å². The highest BCUT2D eigenvalue weighted by atomic mass is 28.3. The van der Waals surface area contributed by atoms with Gasteiger partial charge >= 0.3 is 0 Å². The molecule has 0 aliphatic rings. The second kappa shape index (κ2) is 20.7. The Morgan fingerprint density at radius 3 is 1.26 bits per heavy atom. The SMILES string of the molecule is c1ccc(-c2cccc(-c3cccc(-c4cccc(-c5ccccc5)c4)c3Cn3c4ccc(-n5c6ccccc6c6ccc([Si](c7ccccc7)(c7ccccc7)c7ccccc7)cc65)cc4c4c(-c5ccccc5)cccc43)c2)cc1. The average molecular weight is 1060 g/mol. The van der Waals surface area contributed by atoms with Gasteiger partial charge in [0.1, 0.15) is 0 Å². The van der Waals surface area contributed by atoms with Crippen molar-refractivity contribution in [3.05, 3.63) is 333 Å². The molecule has 2 aromatic heterocycles. The molecule has 0 N–H and O–H groups in total. The van der Waals surface area contributed by atoms with E-state index in [4.69, 9.17) is 0 Å². The summed E-state index contributed by atoms with van der Waals surface area (Å²) in [5.41, 5.74) is 19.2. The Hall–Kier alpha value is -10.3. The van der Waals surface area contributed by atoms with Crippen LogP contribution in [0.25, 0.3) is 105 Å². The lowest BCUT2D eigenvalue weighted by atomic mass is 9.89. The molecule has 0 spiro atoms. The van der Waals surface area contributed by atoms with Gasteiger partial charge in [0.05, 0.1) is 16.6 Å². The molecule has 0 atom stereocenters. The molecular formula is C79H56N2Si. The van der Waals surface area contributed by atoms with Crippen LogP contribution in [0.5, 0.6) is 0 Å². The highest BCUT2D eigenvalue weighted by molar-refractivity contribution is 7.20. The number of hydrogen-bond acceptors (Lipinski definition) is 0. The first-order valence-corrected chi connectivity index (χ1v) is 30.4. The molecular weight excluding hydrogens is 1000 g/mol. The number of benzene rings is 13. The second-order valence-electron chi connectivity index (χ2n) is 21.5. The molecule has 0 bridgehead atoms. The third-order valence-electron chi connectivity index (χ3n) is 17.0. The standard InChI is InChI=1S/C79H56N2Si/c1-7-25-56(26-8-1)59-31-21-33-61(51-59)68-42-23-43-69(62-34-22-32-60(52-62)57-27-9-2-10-28-57)74(68)55-80-75-50-47-63(53-73(75)79-70(44-24-46-77(79)80)58-29-11-3-12-30-58)81-76-45-20-19-41-71(76)72-49-48-67(54-78(72)81)82(64-35-13-4-14-36-64,65-37-15-5-16-38-65)66-39-17-6-18-40-66/h1-54H,55H2. The van der Waals surface area contributed by atoms with Crippen molar-refractivity contribution in [1.29, 1.82) is 0 Å². The van der Waals surface area contributed by atoms with E-state index in [1.54, 1.807) is 0 Å². The molecule has 0 fully saturated rings. The van der Waals surface area contributed by atoms with E-state index in [9.17, 15) is 0 Å². The van der Waals surface area contributed by atoms with Gasteiger partial charge in [-0.3, -0.25) is 0 Å². The smallest absolute Gasteiger partial charge is 0.179 e. The van der Waals surface area contributed by atoms with Gasteiger partial charge < -0.3 is 9.13 Å². The predicted molar refractivity (Wildman–Crippen MR) is 350 cm³/mol. The van der Waals surface area contributed by atoms with Crippen LogP contribution in [0.1, 0.15) is 5.56 Å². The van der Waals surface area contributed by atoms with E-state index in [2.05, 4.69) is 337 Å². The number of para-hydroxylation sites is 1. The molecule has 0 saturated carbocycles. The van der Waals surface area contributed by atoms with Crippen molar-refractivity contribution < 1.29 is 0 Å². The van der Waals surface area contributed by atoms with Gasteiger partial charge in [-0.15, -0.1) is 0 Å². The molecule has 2 nitrogen and oxygen atoms in total. The van der Waals surface area contributed by atoms with Crippen LogP contribution >= 0.6 is 0 Å². The van der Waals surface area contributed by atoms with Crippen LogP contribution in [0.4, 0.5) is 0 Å². The quantitative estimate of drug-likeness (QED) is 0.0852. The van der Waals surface area contributed by atoms with Crippen molar-refractivity contribution in [3.63, 3.8) is 0 Å². The second-order valence-corrected chi connectivity index (χ2v) is 25.3. The maximum absolute atomic E-state index is 2.87. The van der Waals surface area contributed by atoms with Gasteiger partial charge in [0.2, 0.25) is 0 Å². The molecule has 15 aromatic rings. The van der Waals surface area contributed by atoms with Crippen LogP contribution in [0.15, 0.2) is 328 Å². The summed E-state index contributed by atoms with van der Waals surface area (Å²) in [6.07, 6.45) is 0. The molecule has 15 rings (SSSR count). The van der Waals surface area contributed by atoms with E-state index in [0.717, 1.165) is 5.69 Å². The van der Waals surface area contributed by atoms with Gasteiger partial charge in [0.15, 0.2) is 8.07 Å². The molecule has 0 aliphatic carbocycles. The summed E-state index contributed by atoms with van der Waals surface area (Å²) in [5.74, 6) is 0. The van der Waals surface area contributed by atoms with Crippen molar-refractivity contribution in [2.45, 2.75) is 6.54 Å². The first-order chi connectivity index (χ1) is 40.7. The normalized spacial score (nSPS) is 11.7. The fraction of sp³-hybridized carbons (Fsp3) is 0.0127. The van der Waals surface area contributed by atoms with E-state index >= 15 is 0 Å². The van der Waals surface area contributed by atoms with Gasteiger partial charge in [-0.2, -0.15) is 0 Å². The van der Waals surface area contributed by atoms with Crippen molar-refractivity contribution in [3.8, 4) is 61.3 Å². The third kappa shape index (κ3) is 8.33. The Morgan fingerprint density at radius 1 is 0.244 bits per heavy atom. The Morgan fingerprint density at radius 2 is 0.683 bits per heavy atom. The van der Waals surface area contributed by atoms with Crippen LogP contribution in [-0.4, -0.2) is 17.2 Å². The van der Waals surface area contributed by atoms with Crippen molar-refractivity contribution in [2.75, 3.05) is 0 Å². The molecule has 13 aromatic carbocycles. The lowest BCUT2D eigenvalue weighted by Crippen LogP contribution is -2.74. The molecule has 2 heterocycles. The molecule has 0 amide bonds. The summed E-state index contributed by atoms with van der Waals surface area (Å²) in [5, 5.41) is 10.3. The fourth-order valence-electron chi connectivity index (χ4n) is 13.3. The van der Waals surface area contributed by atoms with Crippen LogP contribution in [-0.2, 0) is 6.54 Å². The minimum atomic E-state index is -2.87. The minimum Gasteiger partial charge on any atom is -0.336 e. The summed E-state index contributed by atoms with van der Waals surface area (Å²) >= 11 is 0. The Balaban J connectivity index is 0.977. The Bertz CT molecular complexity index is 4600. The van der Waals surface area contributed by atoms with Crippen LogP contribution in [0, 0.1) is 0 Å². The van der Waals surface area contributed by atoms with Gasteiger partial charge in [0, 0.05) is 39.3 Å². The fourth-order valence-corrected chi connectivity index (χ4v) is 18.1. The predicted octanol–water partition coefficient (Wildman–Crippen LogP) is 17.7. The third-order valence-corrected chi connectivity index (χ3v) is 21.8. The lowest BCUT2D eigenvalue weighted by Gasteiger charge is -2.34. The zero-order chi connectivity index (χ0) is 54.4. The average Bonchev–Trinajstić information content (AvgIpc) is 4.27. The van der Waals surface area contributed by atoms with Crippen LogP contribution in [0.3, 0.4) is 0 Å². The van der Waals surface area contributed by atoms with Crippen molar-refractivity contribution >= 4 is 72.4 Å². The van der Waals surface area contributed by atoms with E-state index in [1.165, 1.54) is 126 Å². The molecule has 0 aliphatic heterocycles. The van der Waals surface area contributed by atoms with Gasteiger partial charge in [-0.05, 0) is 130 Å².